The quantitative estimate of drug-likeness (QED) is 0.315. The van der Waals surface area contributed by atoms with Crippen molar-refractivity contribution in [2.45, 2.75) is 0 Å². The molecule has 1 rings (SSSR count). The Morgan fingerprint density at radius 3 is 2.31 bits per heavy atom. The molecule has 0 atom stereocenters. The fraction of sp³-hybridized carbons (Fsp3) is 0.182. The minimum atomic E-state index is -0.802. The van der Waals surface area contributed by atoms with E-state index in [2.05, 4.69) is 9.47 Å². The summed E-state index contributed by atoms with van der Waals surface area (Å²) in [4.78, 5) is 11.4. The van der Waals surface area contributed by atoms with Gasteiger partial charge in [0.1, 0.15) is 0 Å². The van der Waals surface area contributed by atoms with Gasteiger partial charge in [0.2, 0.25) is 0 Å². The number of hydrogen-bond acceptors (Lipinski definition) is 4. The molecule has 0 aliphatic carbocycles. The monoisotopic (exact) mass is 335 g/mol. The second kappa shape index (κ2) is 6.37. The van der Waals surface area contributed by atoms with Crippen LogP contribution in [-0.4, -0.2) is 25.3 Å². The first-order valence-electron chi connectivity index (χ1n) is 4.44. The highest BCUT2D eigenvalue weighted by Gasteiger charge is 2.33. The zero-order valence-corrected chi connectivity index (χ0v) is 11.1. The summed E-state index contributed by atoms with van der Waals surface area (Å²) in [5.41, 5.74) is 0. The van der Waals surface area contributed by atoms with Crippen LogP contribution >= 0.6 is 0 Å². The maximum absolute atomic E-state index is 11.4. The smallest absolute Gasteiger partial charge is 0.392 e. The Balaban J connectivity index is 2.93. The van der Waals surface area contributed by atoms with Gasteiger partial charge in [0.15, 0.2) is 3.57 Å². The minimum Gasteiger partial charge on any atom is -0.477 e. The molecule has 0 radical (unpaired) electrons. The fourth-order valence-corrected chi connectivity index (χ4v) is 3.22. The predicted molar refractivity (Wildman–Crippen MR) is 53.8 cm³/mol. The normalized spacial score (nSPS) is 11.6. The van der Waals surface area contributed by atoms with Gasteiger partial charge in [0, 0.05) is 0 Å². The Labute approximate surface area is 104 Å². The molecule has 0 aliphatic rings. The molecule has 0 amide bonds. The molecule has 1 N–H and O–H groups in total. The molecular formula is C11H12IO4+. The molecule has 0 aliphatic heterocycles. The third-order valence-corrected chi connectivity index (χ3v) is 4.47. The van der Waals surface area contributed by atoms with Crippen molar-refractivity contribution < 1.29 is 40.6 Å². The van der Waals surface area contributed by atoms with E-state index in [-0.39, 0.29) is 9.53 Å². The molecule has 0 saturated heterocycles. The summed E-state index contributed by atoms with van der Waals surface area (Å²) in [5.74, 6) is -0.903. The summed E-state index contributed by atoms with van der Waals surface area (Å²) in [5, 5.41) is 9.46. The molecular weight excluding hydrogens is 323 g/mol. The topological polar surface area (TPSA) is 55.8 Å². The van der Waals surface area contributed by atoms with Crippen LogP contribution in [0.5, 0.6) is 0 Å². The number of halogens is 1. The maximum atomic E-state index is 11.4. The van der Waals surface area contributed by atoms with Crippen molar-refractivity contribution in [2.24, 2.45) is 0 Å². The van der Waals surface area contributed by atoms with Crippen LogP contribution in [0.15, 0.2) is 39.9 Å². The second-order valence-corrected chi connectivity index (χ2v) is 5.57. The summed E-state index contributed by atoms with van der Waals surface area (Å²) in [6, 6.07) is 9.46. The van der Waals surface area contributed by atoms with E-state index in [4.69, 9.17) is 0 Å². The number of methoxy groups -OCH3 is 2. The van der Waals surface area contributed by atoms with Crippen molar-refractivity contribution in [3.63, 3.8) is 0 Å². The zero-order chi connectivity index (χ0) is 12.0. The highest BCUT2D eigenvalue weighted by molar-refractivity contribution is 5.85. The zero-order valence-electron chi connectivity index (χ0n) is 8.94. The Morgan fingerprint density at radius 1 is 1.19 bits per heavy atom. The van der Waals surface area contributed by atoms with Crippen LogP contribution in [0.4, 0.5) is 0 Å². The summed E-state index contributed by atoms with van der Waals surface area (Å²) in [6.45, 7) is 0. The first kappa shape index (κ1) is 12.8. The van der Waals surface area contributed by atoms with Crippen molar-refractivity contribution in [3.8, 4) is 0 Å². The van der Waals surface area contributed by atoms with Crippen molar-refractivity contribution in [1.82, 2.24) is 0 Å². The highest BCUT2D eigenvalue weighted by atomic mass is 127. The highest BCUT2D eigenvalue weighted by Crippen LogP contribution is 1.94. The summed E-state index contributed by atoms with van der Waals surface area (Å²) >= 11 is -0.802. The van der Waals surface area contributed by atoms with Gasteiger partial charge in [0.25, 0.3) is 0 Å². The van der Waals surface area contributed by atoms with E-state index < -0.39 is 27.2 Å². The van der Waals surface area contributed by atoms with E-state index in [1.165, 1.54) is 14.2 Å². The molecule has 0 saturated carbocycles. The molecule has 16 heavy (non-hydrogen) atoms. The van der Waals surface area contributed by atoms with Gasteiger partial charge in [-0.1, -0.05) is 18.2 Å². The van der Waals surface area contributed by atoms with Gasteiger partial charge in [-0.15, -0.1) is 0 Å². The van der Waals surface area contributed by atoms with Gasteiger partial charge in [-0.25, -0.2) is 4.79 Å². The second-order valence-electron chi connectivity index (χ2n) is 2.70. The van der Waals surface area contributed by atoms with Crippen LogP contribution in [-0.2, 0) is 14.3 Å². The first-order chi connectivity index (χ1) is 7.69. The lowest BCUT2D eigenvalue weighted by Gasteiger charge is -1.97. The molecule has 0 heterocycles. The SMILES string of the molecule is COC(=O)/C([I+]c1ccccc1)=C(/O)OC. The molecule has 1 aromatic rings. The van der Waals surface area contributed by atoms with Gasteiger partial charge in [-0.3, -0.25) is 0 Å². The summed E-state index contributed by atoms with van der Waals surface area (Å²) < 4.78 is 10.5. The van der Waals surface area contributed by atoms with E-state index in [0.717, 1.165) is 3.57 Å². The van der Waals surface area contributed by atoms with Crippen molar-refractivity contribution >= 4 is 5.97 Å². The van der Waals surface area contributed by atoms with Gasteiger partial charge >= 0.3 is 36.7 Å². The van der Waals surface area contributed by atoms with E-state index in [1.807, 2.05) is 30.3 Å². The Bertz CT molecular complexity index is 386. The summed E-state index contributed by atoms with van der Waals surface area (Å²) in [7, 11) is 2.59. The third kappa shape index (κ3) is 3.41. The number of carbonyl (C=O) groups is 1. The van der Waals surface area contributed by atoms with Crippen LogP contribution in [0, 0.1) is 3.57 Å². The van der Waals surface area contributed by atoms with E-state index in [0.29, 0.717) is 0 Å². The molecule has 0 bridgehead atoms. The molecule has 1 aromatic carbocycles. The number of esters is 1. The van der Waals surface area contributed by atoms with E-state index >= 15 is 0 Å². The molecule has 0 spiro atoms. The molecule has 86 valence electrons. The average Bonchev–Trinajstić information content (AvgIpc) is 2.35. The van der Waals surface area contributed by atoms with E-state index in [9.17, 15) is 9.90 Å². The largest absolute Gasteiger partial charge is 0.477 e. The lowest BCUT2D eigenvalue weighted by molar-refractivity contribution is -0.575. The number of benzene rings is 1. The maximum Gasteiger partial charge on any atom is 0.392 e. The van der Waals surface area contributed by atoms with Crippen LogP contribution in [0.25, 0.3) is 0 Å². The number of aliphatic hydroxyl groups excluding tert-OH is 1. The van der Waals surface area contributed by atoms with Crippen LogP contribution in [0.1, 0.15) is 0 Å². The number of aliphatic hydroxyl groups is 1. The molecule has 5 heteroatoms. The Morgan fingerprint density at radius 2 is 1.81 bits per heavy atom. The predicted octanol–water partition coefficient (Wildman–Crippen LogP) is -1.51. The number of hydrogen-bond donors (Lipinski definition) is 1. The van der Waals surface area contributed by atoms with Gasteiger partial charge in [-0.05, 0) is 12.1 Å². The molecule has 4 nitrogen and oxygen atoms in total. The minimum absolute atomic E-state index is 0.218. The fourth-order valence-electron chi connectivity index (χ4n) is 0.932. The van der Waals surface area contributed by atoms with Crippen LogP contribution < -0.4 is 21.2 Å². The average molecular weight is 335 g/mol. The lowest BCUT2D eigenvalue weighted by Crippen LogP contribution is -3.61. The Hall–Kier alpha value is -1.24. The van der Waals surface area contributed by atoms with Gasteiger partial charge < -0.3 is 14.6 Å². The summed E-state index contributed by atoms with van der Waals surface area (Å²) in [6.07, 6.45) is 0. The van der Waals surface area contributed by atoms with Gasteiger partial charge in [0.05, 0.1) is 14.2 Å². The van der Waals surface area contributed by atoms with Crippen LogP contribution in [0.2, 0.25) is 0 Å². The third-order valence-electron chi connectivity index (χ3n) is 1.68. The molecule has 0 unspecified atom stereocenters. The van der Waals surface area contributed by atoms with Crippen molar-refractivity contribution in [1.29, 1.82) is 0 Å². The number of ether oxygens (including phenoxy) is 2. The van der Waals surface area contributed by atoms with Gasteiger partial charge in [-0.2, -0.15) is 0 Å². The van der Waals surface area contributed by atoms with Crippen molar-refractivity contribution in [3.05, 3.63) is 43.4 Å². The first-order valence-corrected chi connectivity index (χ1v) is 6.60. The Kier molecular flexibility index (Phi) is 5.10. The van der Waals surface area contributed by atoms with Crippen molar-refractivity contribution in [2.75, 3.05) is 14.2 Å². The van der Waals surface area contributed by atoms with Crippen LogP contribution in [0.3, 0.4) is 0 Å². The van der Waals surface area contributed by atoms with E-state index in [1.54, 1.807) is 0 Å². The number of rotatable bonds is 4. The lowest BCUT2D eigenvalue weighted by atomic mass is 10.4. The molecule has 0 fully saturated rings. The number of carbonyl (C=O) groups excluding carboxylic acids is 1. The molecule has 0 aromatic heterocycles. The standard InChI is InChI=1S/C11H11IO4/c1-15-10(13)9(11(14)16-2)12-8-6-4-3-5-7-8/h3-7H,1-2H3/p+1.